The third-order valence-electron chi connectivity index (χ3n) is 17.2. The number of aromatic nitrogens is 4. The van der Waals surface area contributed by atoms with Crippen LogP contribution in [0.5, 0.6) is 0 Å². The maximum atomic E-state index is 6.03. The first-order chi connectivity index (χ1) is 37.3. The van der Waals surface area contributed by atoms with E-state index < -0.39 is 12.6 Å². The Hall–Kier alpha value is -7.15. The maximum Gasteiger partial charge on any atom is 0.547 e. The number of nitrogens with zero attached hydrogens (tertiary/aromatic N) is 6. The first-order valence-corrected chi connectivity index (χ1v) is 29.4. The molecule has 0 N–H and O–H groups in total. The second-order valence-electron chi connectivity index (χ2n) is 24.8. The Kier molecular flexibility index (Phi) is 15.6. The molecule has 0 saturated heterocycles. The molecule has 1 aliphatic rings. The van der Waals surface area contributed by atoms with Gasteiger partial charge >= 0.3 is 12.6 Å². The van der Waals surface area contributed by atoms with E-state index in [1.54, 1.807) is 0 Å². The fourth-order valence-corrected chi connectivity index (χ4v) is 13.7. The monoisotopic (exact) mass is 1030 g/mol. The minimum Gasteiger partial charge on any atom is -0.325 e. The van der Waals surface area contributed by atoms with E-state index in [-0.39, 0.29) is 47.3 Å². The van der Waals surface area contributed by atoms with Crippen LogP contribution in [0.25, 0.3) is 32.3 Å². The lowest BCUT2D eigenvalue weighted by Gasteiger charge is -2.40. The first-order valence-electron chi connectivity index (χ1n) is 29.4. The summed E-state index contributed by atoms with van der Waals surface area (Å²) in [6, 6.07) is 53.4. The van der Waals surface area contributed by atoms with E-state index >= 15 is 0 Å². The molecule has 1 aliphatic heterocycles. The topological polar surface area (TPSA) is 26.3 Å². The van der Waals surface area contributed by atoms with Gasteiger partial charge in [-0.2, -0.15) is 0 Å². The molecule has 3 heterocycles. The Morgan fingerprint density at radius 2 is 0.564 bits per heavy atom. The standard InChI is InChI=1S/C70H86B2N6/c1-19-73-71(69-75(65-53(45(3)4)29-25-30-54(65)46(5)6)41-42-76(69)66-55(47(7)8)31-26-32-56(66)48(9)10)61-37-21-23-39-63(61)72(74-20-2,64-40-24-22-38-62(64)71)70-77(67-57(49(11)12)33-27-34-58(67)50(13)14)43-44-78(70)68-59(51(15)16)35-28-36-60(68)52(17)18/h21-52H,1-18H3/q+2. The van der Waals surface area contributed by atoms with Gasteiger partial charge in [-0.05, 0) is 47.3 Å². The molecule has 0 radical (unpaired) electrons. The summed E-state index contributed by atoms with van der Waals surface area (Å²) in [4.78, 5) is 0. The molecule has 0 unspecified atom stereocenters. The summed E-state index contributed by atoms with van der Waals surface area (Å²) in [7, 11) is 0. The van der Waals surface area contributed by atoms with E-state index in [0.29, 0.717) is 0 Å². The molecule has 0 saturated carbocycles. The Morgan fingerprint density at radius 1 is 0.333 bits per heavy atom. The maximum absolute atomic E-state index is 6.03. The Morgan fingerprint density at radius 3 is 0.782 bits per heavy atom. The number of hydrogen-bond acceptors (Lipinski definition) is 0. The highest BCUT2D eigenvalue weighted by Gasteiger charge is 2.68. The Labute approximate surface area is 468 Å². The van der Waals surface area contributed by atoms with Gasteiger partial charge in [-0.15, -0.1) is 21.9 Å². The summed E-state index contributed by atoms with van der Waals surface area (Å²) in [5.41, 5.74) is 22.0. The average molecular weight is 1030 g/mol. The molecular formula is C70H86B2N6+2. The molecule has 8 heteroatoms. The van der Waals surface area contributed by atoms with Crippen LogP contribution >= 0.6 is 0 Å². The highest BCUT2D eigenvalue weighted by atomic mass is 15.2. The van der Waals surface area contributed by atoms with Gasteiger partial charge < -0.3 is 9.51 Å². The summed E-state index contributed by atoms with van der Waals surface area (Å²) in [5, 5.41) is 0. The van der Waals surface area contributed by atoms with Crippen molar-refractivity contribution in [2.24, 2.45) is 0 Å². The molecule has 6 aromatic carbocycles. The van der Waals surface area contributed by atoms with Crippen LogP contribution in [-0.4, -0.2) is 21.7 Å². The molecule has 2 aromatic heterocycles. The first kappa shape index (κ1) is 55.6. The average Bonchev–Trinajstić information content (AvgIpc) is 3.95. The zero-order chi connectivity index (χ0) is 56.1. The second-order valence-corrected chi connectivity index (χ2v) is 24.8. The Balaban J connectivity index is 1.58. The molecule has 78 heavy (non-hydrogen) atoms. The van der Waals surface area contributed by atoms with Gasteiger partial charge in [0.15, 0.2) is 12.1 Å². The normalized spacial score (nSPS) is 16.1. The summed E-state index contributed by atoms with van der Waals surface area (Å²) >= 11 is 0. The fourth-order valence-electron chi connectivity index (χ4n) is 13.7. The number of para-hydroxylation sites is 4. The predicted molar refractivity (Wildman–Crippen MR) is 335 cm³/mol. The summed E-state index contributed by atoms with van der Waals surface area (Å²) < 4.78 is 22.3. The molecule has 8 aromatic rings. The van der Waals surface area contributed by atoms with E-state index in [0.717, 1.165) is 33.3 Å². The van der Waals surface area contributed by atoms with Gasteiger partial charge in [-0.1, -0.05) is 232 Å². The molecule has 0 amide bonds. The van der Waals surface area contributed by atoms with Gasteiger partial charge in [0, 0.05) is 44.5 Å². The molecule has 0 bridgehead atoms. The van der Waals surface area contributed by atoms with E-state index in [2.05, 4.69) is 287 Å². The van der Waals surface area contributed by atoms with Crippen LogP contribution < -0.4 is 42.4 Å². The van der Waals surface area contributed by atoms with Crippen LogP contribution in [0, 0.1) is 12.1 Å². The lowest BCUT2D eigenvalue weighted by atomic mass is 9.12. The van der Waals surface area contributed by atoms with Crippen molar-refractivity contribution in [2.75, 3.05) is 0 Å². The van der Waals surface area contributed by atoms with Crippen molar-refractivity contribution in [2.45, 2.75) is 172 Å². The van der Waals surface area contributed by atoms with Crippen LogP contribution in [0.3, 0.4) is 0 Å². The summed E-state index contributed by atoms with van der Waals surface area (Å²) in [6.07, 6.45) is 4.75. The van der Waals surface area contributed by atoms with Gasteiger partial charge in [-0.3, -0.25) is 0 Å². The van der Waals surface area contributed by atoms with Gasteiger partial charge in [0.2, 0.25) is 11.4 Å². The van der Waals surface area contributed by atoms with Crippen LogP contribution in [0.15, 0.2) is 146 Å². The number of fused-ring (bicyclic) bond motifs is 2. The minimum absolute atomic E-state index is 0.245. The minimum atomic E-state index is -2.32. The number of benzene rings is 6. The van der Waals surface area contributed by atoms with Crippen molar-refractivity contribution < 1.29 is 9.13 Å². The van der Waals surface area contributed by atoms with Crippen molar-refractivity contribution in [1.29, 1.82) is 0 Å². The number of rotatable bonds is 14. The van der Waals surface area contributed by atoms with Crippen LogP contribution in [0.4, 0.5) is 0 Å². The van der Waals surface area contributed by atoms with Crippen molar-refractivity contribution in [3.05, 3.63) is 200 Å². The van der Waals surface area contributed by atoms with Gasteiger partial charge in [0.1, 0.15) is 47.5 Å². The zero-order valence-electron chi connectivity index (χ0n) is 50.3. The zero-order valence-corrected chi connectivity index (χ0v) is 50.3. The van der Waals surface area contributed by atoms with Crippen molar-refractivity contribution in [1.82, 2.24) is 9.13 Å². The molecular weight excluding hydrogens is 946 g/mol. The van der Waals surface area contributed by atoms with E-state index in [4.69, 9.17) is 9.51 Å². The SMILES string of the molecule is CC#[N+][B-]1(c2n(-c3c(C(C)C)cccc3C(C)C)cc[n+]2-c2c(C(C)C)cccc2C(C)C)c2ccccc2[B-]([N+]#CC)(c2n(-c3c(C(C)C)cccc3C(C)C)cc[n+]2-c2c(C(C)C)cccc2C(C)C)c2ccccc21. The van der Waals surface area contributed by atoms with Gasteiger partial charge in [-0.25, -0.2) is 18.3 Å². The van der Waals surface area contributed by atoms with Crippen LogP contribution in [0.2, 0.25) is 0 Å². The number of imidazole rings is 2. The quantitative estimate of drug-likeness (QED) is 0.0766. The van der Waals surface area contributed by atoms with Crippen molar-refractivity contribution >= 4 is 45.9 Å². The van der Waals surface area contributed by atoms with Crippen LogP contribution in [0.1, 0.15) is 216 Å². The summed E-state index contributed by atoms with van der Waals surface area (Å²) in [6.45, 7) is 41.3. The molecule has 0 fully saturated rings. The highest BCUT2D eigenvalue weighted by Crippen LogP contribution is 2.36. The van der Waals surface area contributed by atoms with Crippen molar-refractivity contribution in [3.63, 3.8) is 0 Å². The highest BCUT2D eigenvalue weighted by molar-refractivity contribution is 7.26. The molecule has 9 rings (SSSR count). The number of hydrogen-bond donors (Lipinski definition) is 0. The molecule has 0 atom stereocenters. The van der Waals surface area contributed by atoms with E-state index in [1.807, 2.05) is 13.8 Å². The van der Waals surface area contributed by atoms with Crippen LogP contribution in [-0.2, 0) is 0 Å². The molecule has 0 aliphatic carbocycles. The molecule has 400 valence electrons. The van der Waals surface area contributed by atoms with Gasteiger partial charge in [0.25, 0.3) is 0 Å². The smallest absolute Gasteiger partial charge is 0.325 e. The molecule has 0 spiro atoms. The predicted octanol–water partition coefficient (Wildman–Crippen LogP) is 13.8. The largest absolute Gasteiger partial charge is 0.547 e. The lowest BCUT2D eigenvalue weighted by molar-refractivity contribution is -0.577. The third-order valence-corrected chi connectivity index (χ3v) is 17.2. The van der Waals surface area contributed by atoms with E-state index in [1.165, 1.54) is 67.3 Å². The fraction of sp³-hybridized carbons (Fsp3) is 0.371. The van der Waals surface area contributed by atoms with Crippen molar-refractivity contribution in [3.8, 4) is 34.9 Å². The second kappa shape index (κ2) is 21.9. The van der Waals surface area contributed by atoms with Gasteiger partial charge in [0.05, 0.1) is 13.8 Å². The third kappa shape index (κ3) is 8.89. The van der Waals surface area contributed by atoms with E-state index in [9.17, 15) is 0 Å². The lowest BCUT2D eigenvalue weighted by Crippen LogP contribution is -2.91. The molecule has 6 nitrogen and oxygen atoms in total. The summed E-state index contributed by atoms with van der Waals surface area (Å²) in [5.74, 6) is 1.96. The Bertz CT molecular complexity index is 3120.